The Bertz CT molecular complexity index is 1760. The SMILES string of the molecule is Cc1ccc(-c2nc(-c3ccc(CC(NC(=O)c4cccc(-c5ccc(Cl)cc5F)c4)C(=O)O)cc3F)no2)cc1. The van der Waals surface area contributed by atoms with E-state index >= 15 is 4.39 Å². The van der Waals surface area contributed by atoms with Gasteiger partial charge in [0, 0.05) is 28.1 Å². The first-order valence-corrected chi connectivity index (χ1v) is 12.8. The highest BCUT2D eigenvalue weighted by Gasteiger charge is 2.23. The summed E-state index contributed by atoms with van der Waals surface area (Å²) in [4.78, 5) is 29.2. The fourth-order valence-corrected chi connectivity index (χ4v) is 4.40. The van der Waals surface area contributed by atoms with Crippen LogP contribution in [0.15, 0.2) is 89.5 Å². The lowest BCUT2D eigenvalue weighted by Crippen LogP contribution is -2.42. The molecule has 0 spiro atoms. The summed E-state index contributed by atoms with van der Waals surface area (Å²) in [7, 11) is 0. The summed E-state index contributed by atoms with van der Waals surface area (Å²) in [5, 5.41) is 16.3. The molecule has 0 radical (unpaired) electrons. The average molecular weight is 574 g/mol. The van der Waals surface area contributed by atoms with Crippen molar-refractivity contribution in [3.63, 3.8) is 0 Å². The van der Waals surface area contributed by atoms with Crippen molar-refractivity contribution >= 4 is 23.5 Å². The Kier molecular flexibility index (Phi) is 7.89. The molecule has 0 aliphatic rings. The van der Waals surface area contributed by atoms with Crippen LogP contribution in [0.5, 0.6) is 0 Å². The normalized spacial score (nSPS) is 11.7. The molecule has 5 aromatic rings. The number of carbonyl (C=O) groups is 2. The fourth-order valence-electron chi connectivity index (χ4n) is 4.24. The van der Waals surface area contributed by atoms with Crippen molar-refractivity contribution in [2.45, 2.75) is 19.4 Å². The van der Waals surface area contributed by atoms with Gasteiger partial charge in [-0.2, -0.15) is 4.98 Å². The molecule has 1 unspecified atom stereocenters. The minimum Gasteiger partial charge on any atom is -0.480 e. The number of amides is 1. The molecule has 7 nitrogen and oxygen atoms in total. The van der Waals surface area contributed by atoms with E-state index in [4.69, 9.17) is 16.1 Å². The predicted molar refractivity (Wildman–Crippen MR) is 149 cm³/mol. The number of carboxylic acid groups (broad SMARTS) is 1. The second-order valence-electron chi connectivity index (χ2n) is 9.38. The van der Waals surface area contributed by atoms with E-state index in [-0.39, 0.29) is 39.8 Å². The Morgan fingerprint density at radius 1 is 0.927 bits per heavy atom. The number of halogens is 3. The molecule has 4 aromatic carbocycles. The Balaban J connectivity index is 1.31. The number of benzene rings is 4. The van der Waals surface area contributed by atoms with E-state index in [1.807, 2.05) is 31.2 Å². The topological polar surface area (TPSA) is 105 Å². The summed E-state index contributed by atoms with van der Waals surface area (Å²) in [6.45, 7) is 1.95. The number of carbonyl (C=O) groups excluding carboxylic acids is 1. The minimum absolute atomic E-state index is 0.0460. The van der Waals surface area contributed by atoms with Gasteiger partial charge in [-0.1, -0.05) is 52.7 Å². The molecule has 0 aliphatic heterocycles. The molecule has 41 heavy (non-hydrogen) atoms. The van der Waals surface area contributed by atoms with E-state index in [0.717, 1.165) is 11.6 Å². The summed E-state index contributed by atoms with van der Waals surface area (Å²) >= 11 is 5.82. The maximum atomic E-state index is 15.0. The quantitative estimate of drug-likeness (QED) is 0.213. The van der Waals surface area contributed by atoms with E-state index in [1.165, 1.54) is 42.5 Å². The van der Waals surface area contributed by atoms with Crippen molar-refractivity contribution in [3.05, 3.63) is 118 Å². The highest BCUT2D eigenvalue weighted by atomic mass is 35.5. The first-order valence-electron chi connectivity index (χ1n) is 12.5. The number of nitrogens with zero attached hydrogens (tertiary/aromatic N) is 2. The number of nitrogens with one attached hydrogen (secondary N) is 1. The van der Waals surface area contributed by atoms with Gasteiger partial charge in [0.05, 0.1) is 5.56 Å². The van der Waals surface area contributed by atoms with E-state index < -0.39 is 29.6 Å². The number of aliphatic carboxylic acids is 1. The lowest BCUT2D eigenvalue weighted by atomic mass is 10.0. The van der Waals surface area contributed by atoms with E-state index in [1.54, 1.807) is 12.1 Å². The molecule has 0 saturated carbocycles. The zero-order valence-corrected chi connectivity index (χ0v) is 22.3. The zero-order chi connectivity index (χ0) is 29.1. The molecule has 1 heterocycles. The third kappa shape index (κ3) is 6.31. The number of hydrogen-bond donors (Lipinski definition) is 2. The third-order valence-electron chi connectivity index (χ3n) is 6.41. The van der Waals surface area contributed by atoms with Crippen molar-refractivity contribution in [2.24, 2.45) is 0 Å². The second kappa shape index (κ2) is 11.7. The largest absolute Gasteiger partial charge is 0.480 e. The van der Waals surface area contributed by atoms with Gasteiger partial charge in [0.25, 0.3) is 11.8 Å². The average Bonchev–Trinajstić information content (AvgIpc) is 3.43. The van der Waals surface area contributed by atoms with Crippen LogP contribution >= 0.6 is 11.6 Å². The van der Waals surface area contributed by atoms with Crippen molar-refractivity contribution in [1.82, 2.24) is 15.5 Å². The number of carboxylic acids is 1. The number of aromatic nitrogens is 2. The Labute approximate surface area is 238 Å². The molecule has 2 N–H and O–H groups in total. The molecule has 0 bridgehead atoms. The summed E-state index contributed by atoms with van der Waals surface area (Å²) < 4.78 is 34.7. The zero-order valence-electron chi connectivity index (χ0n) is 21.6. The van der Waals surface area contributed by atoms with Gasteiger partial charge in [0.1, 0.15) is 17.7 Å². The summed E-state index contributed by atoms with van der Waals surface area (Å²) in [6, 6.07) is 20.5. The van der Waals surface area contributed by atoms with Gasteiger partial charge < -0.3 is 14.9 Å². The predicted octanol–water partition coefficient (Wildman–Crippen LogP) is 6.74. The molecule has 206 valence electrons. The Hall–Kier alpha value is -4.89. The molecule has 0 saturated heterocycles. The Morgan fingerprint density at radius 3 is 2.37 bits per heavy atom. The molecule has 10 heteroatoms. The highest BCUT2D eigenvalue weighted by Crippen LogP contribution is 2.27. The molecule has 0 fully saturated rings. The van der Waals surface area contributed by atoms with Crippen LogP contribution in [-0.4, -0.2) is 33.2 Å². The van der Waals surface area contributed by atoms with Gasteiger partial charge in [-0.15, -0.1) is 0 Å². The van der Waals surface area contributed by atoms with Crippen molar-refractivity contribution < 1.29 is 28.0 Å². The van der Waals surface area contributed by atoms with Crippen LogP contribution in [0.25, 0.3) is 34.0 Å². The van der Waals surface area contributed by atoms with Crippen LogP contribution in [0.2, 0.25) is 5.02 Å². The summed E-state index contributed by atoms with van der Waals surface area (Å²) in [5.74, 6) is -2.93. The summed E-state index contributed by atoms with van der Waals surface area (Å²) in [6.07, 6.45) is -0.190. The highest BCUT2D eigenvalue weighted by molar-refractivity contribution is 6.30. The molecule has 5 rings (SSSR count). The van der Waals surface area contributed by atoms with Gasteiger partial charge in [0.15, 0.2) is 0 Å². The monoisotopic (exact) mass is 573 g/mol. The first-order chi connectivity index (χ1) is 19.7. The van der Waals surface area contributed by atoms with Crippen LogP contribution in [0.4, 0.5) is 8.78 Å². The van der Waals surface area contributed by atoms with Crippen LogP contribution in [0.3, 0.4) is 0 Å². The first kappa shape index (κ1) is 27.7. The molecule has 1 aromatic heterocycles. The number of aryl methyl sites for hydroxylation is 1. The van der Waals surface area contributed by atoms with Crippen LogP contribution in [0, 0.1) is 18.6 Å². The van der Waals surface area contributed by atoms with Gasteiger partial charge in [-0.05, 0) is 72.6 Å². The molecule has 1 atom stereocenters. The van der Waals surface area contributed by atoms with Gasteiger partial charge in [-0.25, -0.2) is 13.6 Å². The van der Waals surface area contributed by atoms with Crippen LogP contribution in [-0.2, 0) is 11.2 Å². The van der Waals surface area contributed by atoms with Crippen LogP contribution in [0.1, 0.15) is 21.5 Å². The van der Waals surface area contributed by atoms with Gasteiger partial charge in [0.2, 0.25) is 5.82 Å². The summed E-state index contributed by atoms with van der Waals surface area (Å²) in [5.41, 5.74) is 2.95. The second-order valence-corrected chi connectivity index (χ2v) is 9.81. The molecular formula is C31H22ClF2N3O4. The van der Waals surface area contributed by atoms with E-state index in [9.17, 15) is 19.1 Å². The third-order valence-corrected chi connectivity index (χ3v) is 6.64. The van der Waals surface area contributed by atoms with Gasteiger partial charge >= 0.3 is 5.97 Å². The standard InChI is InChI=1S/C31H22ClF2N3O4/c1-17-5-8-19(9-6-17)30-36-28(37-41-30)24-11-7-18(13-25(24)33)14-27(31(39)40)35-29(38)21-4-2-3-20(15-21)23-12-10-22(32)16-26(23)34/h2-13,15-16,27H,14H2,1H3,(H,35,38)(H,39,40). The van der Waals surface area contributed by atoms with E-state index in [0.29, 0.717) is 16.7 Å². The molecular weight excluding hydrogens is 552 g/mol. The molecule has 1 amide bonds. The van der Waals surface area contributed by atoms with Crippen molar-refractivity contribution in [2.75, 3.05) is 0 Å². The maximum absolute atomic E-state index is 15.0. The number of rotatable bonds is 8. The number of hydrogen-bond acceptors (Lipinski definition) is 5. The van der Waals surface area contributed by atoms with Crippen molar-refractivity contribution in [1.29, 1.82) is 0 Å². The fraction of sp³-hybridized carbons (Fsp3) is 0.0968. The lowest BCUT2D eigenvalue weighted by Gasteiger charge is -2.15. The van der Waals surface area contributed by atoms with Crippen molar-refractivity contribution in [3.8, 4) is 34.0 Å². The minimum atomic E-state index is -1.36. The van der Waals surface area contributed by atoms with E-state index in [2.05, 4.69) is 15.5 Å². The Morgan fingerprint density at radius 2 is 1.66 bits per heavy atom. The smallest absolute Gasteiger partial charge is 0.326 e. The lowest BCUT2D eigenvalue weighted by molar-refractivity contribution is -0.139. The molecule has 0 aliphatic carbocycles. The maximum Gasteiger partial charge on any atom is 0.326 e. The van der Waals surface area contributed by atoms with Crippen LogP contribution < -0.4 is 5.32 Å². The van der Waals surface area contributed by atoms with Gasteiger partial charge in [-0.3, -0.25) is 4.79 Å².